The largest absolute Gasteiger partial charge is 0.322 e. The fourth-order valence-electron chi connectivity index (χ4n) is 3.02. The zero-order valence-corrected chi connectivity index (χ0v) is 16.2. The molecule has 3 heteroatoms. The van der Waals surface area contributed by atoms with Crippen molar-refractivity contribution in [3.8, 4) is 0 Å². The van der Waals surface area contributed by atoms with E-state index in [1.807, 2.05) is 32.2 Å². The summed E-state index contributed by atoms with van der Waals surface area (Å²) in [7, 11) is 1.85. The smallest absolute Gasteiger partial charge is 0.321 e. The van der Waals surface area contributed by atoms with Crippen molar-refractivity contribution in [2.45, 2.75) is 52.5 Å². The molecule has 0 radical (unpaired) electrons. The number of nitrogens with one attached hydrogen (secondary N) is 1. The molecule has 0 saturated heterocycles. The minimum atomic E-state index is -0.0775. The molecule has 0 heterocycles. The topological polar surface area (TPSA) is 32.3 Å². The van der Waals surface area contributed by atoms with E-state index in [1.165, 1.54) is 11.1 Å². The zero-order valence-electron chi connectivity index (χ0n) is 16.2. The Hall–Kier alpha value is -2.29. The Kier molecular flexibility index (Phi) is 6.24. The second kappa shape index (κ2) is 8.19. The molecule has 2 aromatic rings. The van der Waals surface area contributed by atoms with Gasteiger partial charge in [0, 0.05) is 12.7 Å². The van der Waals surface area contributed by atoms with Crippen LogP contribution in [0.1, 0.15) is 69.2 Å². The van der Waals surface area contributed by atoms with E-state index in [0.717, 1.165) is 11.3 Å². The fraction of sp³-hybridized carbons (Fsp3) is 0.409. The monoisotopic (exact) mass is 338 g/mol. The summed E-state index contributed by atoms with van der Waals surface area (Å²) in [6, 6.07) is 16.3. The number of carbonyl (C=O) groups excluding carboxylic acids is 1. The lowest BCUT2D eigenvalue weighted by Crippen LogP contribution is -2.34. The summed E-state index contributed by atoms with van der Waals surface area (Å²) < 4.78 is 0. The first-order chi connectivity index (χ1) is 11.8. The van der Waals surface area contributed by atoms with Crippen molar-refractivity contribution in [2.24, 2.45) is 0 Å². The molecule has 1 atom stereocenters. The third-order valence-corrected chi connectivity index (χ3v) is 4.79. The summed E-state index contributed by atoms with van der Waals surface area (Å²) >= 11 is 0. The predicted molar refractivity (Wildman–Crippen MR) is 106 cm³/mol. The van der Waals surface area contributed by atoms with E-state index >= 15 is 0 Å². The number of hydrogen-bond donors (Lipinski definition) is 1. The van der Waals surface area contributed by atoms with Gasteiger partial charge in [-0.15, -0.1) is 0 Å². The number of rotatable bonds is 5. The molecule has 0 bridgehead atoms. The van der Waals surface area contributed by atoms with Crippen LogP contribution in [0, 0.1) is 0 Å². The van der Waals surface area contributed by atoms with Gasteiger partial charge in [-0.2, -0.15) is 0 Å². The molecule has 0 aliphatic rings. The number of anilines is 1. The van der Waals surface area contributed by atoms with Crippen LogP contribution in [-0.2, 0) is 0 Å². The summed E-state index contributed by atoms with van der Waals surface area (Å²) in [5.74, 6) is 0.705. The fourth-order valence-corrected chi connectivity index (χ4v) is 3.02. The lowest BCUT2D eigenvalue weighted by Gasteiger charge is -2.28. The summed E-state index contributed by atoms with van der Waals surface area (Å²) in [4.78, 5) is 14.7. The number of carbonyl (C=O) groups is 1. The molecule has 0 spiro atoms. The highest BCUT2D eigenvalue weighted by molar-refractivity contribution is 5.91. The van der Waals surface area contributed by atoms with Gasteiger partial charge in [0.25, 0.3) is 0 Å². The molecule has 2 amide bonds. The van der Waals surface area contributed by atoms with Gasteiger partial charge < -0.3 is 10.2 Å². The molecule has 0 unspecified atom stereocenters. The Morgan fingerprint density at radius 1 is 0.840 bits per heavy atom. The Morgan fingerprint density at radius 2 is 1.36 bits per heavy atom. The zero-order chi connectivity index (χ0) is 18.6. The summed E-state index contributed by atoms with van der Waals surface area (Å²) in [6.45, 7) is 10.7. The predicted octanol–water partition coefficient (Wildman–Crippen LogP) is 6.16. The molecule has 1 N–H and O–H groups in total. The Balaban J connectivity index is 2.28. The van der Waals surface area contributed by atoms with E-state index in [-0.39, 0.29) is 12.1 Å². The normalized spacial score (nSPS) is 12.3. The lowest BCUT2D eigenvalue weighted by molar-refractivity contribution is 0.208. The number of hydrogen-bond acceptors (Lipinski definition) is 1. The van der Waals surface area contributed by atoms with Crippen LogP contribution < -0.4 is 5.32 Å². The number of nitrogens with zero attached hydrogens (tertiary/aromatic N) is 1. The summed E-state index contributed by atoms with van der Waals surface area (Å²) in [5.41, 5.74) is 4.45. The van der Waals surface area contributed by atoms with Gasteiger partial charge in [-0.25, -0.2) is 4.79 Å². The second-order valence-corrected chi connectivity index (χ2v) is 7.25. The Bertz CT molecular complexity index is 681. The van der Waals surface area contributed by atoms with Crippen LogP contribution in [0.3, 0.4) is 0 Å². The number of amides is 2. The van der Waals surface area contributed by atoms with Crippen LogP contribution in [0.25, 0.3) is 0 Å². The van der Waals surface area contributed by atoms with E-state index in [9.17, 15) is 4.79 Å². The van der Waals surface area contributed by atoms with Crippen LogP contribution in [0.2, 0.25) is 0 Å². The van der Waals surface area contributed by atoms with Crippen molar-refractivity contribution in [3.63, 3.8) is 0 Å². The third-order valence-electron chi connectivity index (χ3n) is 4.79. The van der Waals surface area contributed by atoms with Gasteiger partial charge in [0.2, 0.25) is 0 Å². The van der Waals surface area contributed by atoms with Crippen LogP contribution >= 0.6 is 0 Å². The maximum absolute atomic E-state index is 12.9. The number of urea groups is 1. The van der Waals surface area contributed by atoms with Crippen LogP contribution in [0.15, 0.2) is 48.5 Å². The molecule has 0 fully saturated rings. The Labute approximate surface area is 152 Å². The molecule has 2 aromatic carbocycles. The highest BCUT2D eigenvalue weighted by Gasteiger charge is 2.21. The minimum absolute atomic E-state index is 0.00918. The average Bonchev–Trinajstić information content (AvgIpc) is 2.60. The molecule has 134 valence electrons. The molecule has 25 heavy (non-hydrogen) atoms. The first-order valence-electron chi connectivity index (χ1n) is 9.04. The highest BCUT2D eigenvalue weighted by Crippen LogP contribution is 2.33. The first-order valence-corrected chi connectivity index (χ1v) is 9.04. The van der Waals surface area contributed by atoms with Crippen LogP contribution in [-0.4, -0.2) is 18.0 Å². The van der Waals surface area contributed by atoms with Crippen molar-refractivity contribution >= 4 is 11.7 Å². The summed E-state index contributed by atoms with van der Waals surface area (Å²) in [5, 5.41) is 3.18. The maximum Gasteiger partial charge on any atom is 0.322 e. The molecule has 0 aliphatic carbocycles. The summed E-state index contributed by atoms with van der Waals surface area (Å²) in [6.07, 6.45) is 0. The van der Waals surface area contributed by atoms with E-state index in [2.05, 4.69) is 63.3 Å². The first kappa shape index (κ1) is 19.0. The molecular weight excluding hydrogens is 308 g/mol. The van der Waals surface area contributed by atoms with Crippen molar-refractivity contribution in [3.05, 3.63) is 65.2 Å². The SMILES string of the molecule is CC(C)c1cccc(C(C)C)c1NC(=O)N(C)[C@@H](C)c1ccccc1. The van der Waals surface area contributed by atoms with E-state index in [4.69, 9.17) is 0 Å². The highest BCUT2D eigenvalue weighted by atomic mass is 16.2. The van der Waals surface area contributed by atoms with Crippen LogP contribution in [0.4, 0.5) is 10.5 Å². The minimum Gasteiger partial charge on any atom is -0.321 e. The van der Waals surface area contributed by atoms with Crippen molar-refractivity contribution < 1.29 is 4.79 Å². The lowest BCUT2D eigenvalue weighted by atomic mass is 9.92. The van der Waals surface area contributed by atoms with Gasteiger partial charge in [0.1, 0.15) is 0 Å². The third kappa shape index (κ3) is 4.41. The standard InChI is InChI=1S/C22H30N2O/c1-15(2)19-13-10-14-20(16(3)4)21(19)23-22(25)24(6)17(5)18-11-8-7-9-12-18/h7-17H,1-6H3,(H,23,25)/t17-/m0/s1. The van der Waals surface area contributed by atoms with Crippen molar-refractivity contribution in [1.82, 2.24) is 4.90 Å². The van der Waals surface area contributed by atoms with Gasteiger partial charge in [0.05, 0.1) is 6.04 Å². The molecular formula is C22H30N2O. The molecule has 0 saturated carbocycles. The molecule has 3 nitrogen and oxygen atoms in total. The van der Waals surface area contributed by atoms with Gasteiger partial charge in [-0.05, 0) is 35.4 Å². The molecule has 2 rings (SSSR count). The number of benzene rings is 2. The van der Waals surface area contributed by atoms with Gasteiger partial charge in [-0.3, -0.25) is 0 Å². The van der Waals surface area contributed by atoms with Crippen LogP contribution in [0.5, 0.6) is 0 Å². The van der Waals surface area contributed by atoms with Gasteiger partial charge in [0.15, 0.2) is 0 Å². The quantitative estimate of drug-likeness (QED) is 0.696. The second-order valence-electron chi connectivity index (χ2n) is 7.25. The van der Waals surface area contributed by atoms with E-state index in [1.54, 1.807) is 4.90 Å². The van der Waals surface area contributed by atoms with Gasteiger partial charge >= 0.3 is 6.03 Å². The van der Waals surface area contributed by atoms with E-state index < -0.39 is 0 Å². The maximum atomic E-state index is 12.9. The molecule has 0 aromatic heterocycles. The number of para-hydroxylation sites is 1. The average molecular weight is 338 g/mol. The Morgan fingerprint density at radius 3 is 1.84 bits per heavy atom. The van der Waals surface area contributed by atoms with E-state index in [0.29, 0.717) is 11.8 Å². The molecule has 0 aliphatic heterocycles. The van der Waals surface area contributed by atoms with Crippen molar-refractivity contribution in [2.75, 3.05) is 12.4 Å². The van der Waals surface area contributed by atoms with Gasteiger partial charge in [-0.1, -0.05) is 76.2 Å². The van der Waals surface area contributed by atoms with Crippen molar-refractivity contribution in [1.29, 1.82) is 0 Å².